The van der Waals surface area contributed by atoms with Crippen molar-refractivity contribution in [3.8, 4) is 0 Å². The van der Waals surface area contributed by atoms with Crippen molar-refractivity contribution < 1.29 is 4.12 Å². The van der Waals surface area contributed by atoms with E-state index in [1.54, 1.807) is 0 Å². The molecule has 0 saturated carbocycles. The van der Waals surface area contributed by atoms with Gasteiger partial charge >= 0.3 is 7.66 Å². The normalized spacial score (nSPS) is 10.2. The summed E-state index contributed by atoms with van der Waals surface area (Å²) in [4.78, 5) is 0. The smallest absolute Gasteiger partial charge is 0.362 e. The number of halogens is 2. The molecular weight excluding hydrogens is 143 g/mol. The average molecular weight is 147 g/mol. The molecule has 0 aliphatic carbocycles. The van der Waals surface area contributed by atoms with Crippen molar-refractivity contribution in [3.05, 3.63) is 0 Å². The highest BCUT2D eigenvalue weighted by molar-refractivity contribution is 7.31. The third-order valence-corrected chi connectivity index (χ3v) is 4.81. The minimum atomic E-state index is -1.64. The van der Waals surface area contributed by atoms with Gasteiger partial charge in [-0.3, -0.25) is 0 Å². The lowest BCUT2D eigenvalue weighted by Gasteiger charge is -1.87. The largest absolute Gasteiger partial charge is 0.445 e. The van der Waals surface area contributed by atoms with E-state index < -0.39 is 7.66 Å². The van der Waals surface area contributed by atoms with Crippen LogP contribution in [0.3, 0.4) is 0 Å². The first-order valence-corrected chi connectivity index (χ1v) is 5.86. The highest BCUT2D eigenvalue weighted by Gasteiger charge is 1.91. The van der Waals surface area contributed by atoms with Crippen molar-refractivity contribution in [1.29, 1.82) is 0 Å². The van der Waals surface area contributed by atoms with Crippen LogP contribution in [-0.2, 0) is 4.12 Å². The molecule has 0 spiro atoms. The summed E-state index contributed by atoms with van der Waals surface area (Å²) in [5.74, 6) is 0. The number of hydrogen-bond donors (Lipinski definition) is 0. The van der Waals surface area contributed by atoms with Crippen LogP contribution in [0.2, 0.25) is 0 Å². The molecule has 0 aromatic rings. The highest BCUT2D eigenvalue weighted by atomic mass is 35.7. The molecule has 1 nitrogen and oxygen atoms in total. The van der Waals surface area contributed by atoms with Gasteiger partial charge < -0.3 is 4.12 Å². The zero-order valence-electron chi connectivity index (χ0n) is 2.74. The van der Waals surface area contributed by atoms with Gasteiger partial charge in [-0.15, -0.1) is 22.2 Å². The van der Waals surface area contributed by atoms with E-state index in [1.165, 1.54) is 0 Å². The summed E-state index contributed by atoms with van der Waals surface area (Å²) in [7, 11) is -0.972. The molecule has 0 amide bonds. The summed E-state index contributed by atoms with van der Waals surface area (Å²) >= 11 is 10.4. The molecule has 32 valence electrons. The Hall–Kier alpha value is 0.974. The molecule has 0 aliphatic rings. The molecule has 0 aromatic carbocycles. The molecule has 0 aliphatic heterocycles. The fourth-order valence-electron chi connectivity index (χ4n) is 0. The lowest BCUT2D eigenvalue weighted by molar-refractivity contribution is 0.675. The SMILES string of the molecule is [SiH3]O[SiH](Cl)Cl. The van der Waals surface area contributed by atoms with Crippen LogP contribution < -0.4 is 0 Å². The van der Waals surface area contributed by atoms with Gasteiger partial charge in [0.25, 0.3) is 0 Å². The van der Waals surface area contributed by atoms with Crippen LogP contribution in [0.15, 0.2) is 0 Å². The minimum absolute atomic E-state index is 0.671. The molecule has 0 fully saturated rings. The van der Waals surface area contributed by atoms with Gasteiger partial charge in [-0.25, -0.2) is 0 Å². The average Bonchev–Trinajstić information content (AvgIpc) is 1.38. The maximum absolute atomic E-state index is 5.18. The van der Waals surface area contributed by atoms with Gasteiger partial charge in [0.05, 0.1) is 0 Å². The molecule has 0 heterocycles. The Kier molecular flexibility index (Phi) is 3.79. The molecule has 0 unspecified atom stereocenters. The third-order valence-electron chi connectivity index (χ3n) is 0.178. The van der Waals surface area contributed by atoms with Crippen molar-refractivity contribution in [2.24, 2.45) is 0 Å². The number of hydrogen-bond acceptors (Lipinski definition) is 1. The van der Waals surface area contributed by atoms with Crippen molar-refractivity contribution in [2.75, 3.05) is 0 Å². The Morgan fingerprint density at radius 3 is 1.80 bits per heavy atom. The predicted octanol–water partition coefficient (Wildman–Crippen LogP) is -0.522. The fraction of sp³-hybridized carbons (Fsp3) is 0. The molecule has 5 heteroatoms. The molecule has 0 aromatic heterocycles. The fourth-order valence-corrected chi connectivity index (χ4v) is 0. The second kappa shape index (κ2) is 3.17. The molecule has 0 N–H and O–H groups in total. The monoisotopic (exact) mass is 146 g/mol. The molecular formula is H4Cl2OSi2. The second-order valence-electron chi connectivity index (χ2n) is 0.496. The Morgan fingerprint density at radius 1 is 1.60 bits per heavy atom. The maximum Gasteiger partial charge on any atom is 0.362 e. The van der Waals surface area contributed by atoms with Crippen molar-refractivity contribution >= 4 is 40.3 Å². The maximum atomic E-state index is 5.18. The zero-order valence-corrected chi connectivity index (χ0v) is 7.41. The molecule has 0 atom stereocenters. The molecule has 0 rings (SSSR count). The van der Waals surface area contributed by atoms with E-state index in [0.717, 1.165) is 0 Å². The van der Waals surface area contributed by atoms with E-state index >= 15 is 0 Å². The Bertz CT molecular complexity index is 21.6. The van der Waals surface area contributed by atoms with Crippen LogP contribution in [0.25, 0.3) is 0 Å². The van der Waals surface area contributed by atoms with Crippen LogP contribution in [0.4, 0.5) is 0 Å². The Labute approximate surface area is 44.9 Å². The lowest BCUT2D eigenvalue weighted by atomic mass is 15.8. The Morgan fingerprint density at radius 2 is 1.80 bits per heavy atom. The Balaban J connectivity index is 2.54. The van der Waals surface area contributed by atoms with Gasteiger partial charge in [-0.2, -0.15) is 0 Å². The zero-order chi connectivity index (χ0) is 4.28. The number of rotatable bonds is 1. The van der Waals surface area contributed by atoms with Gasteiger partial charge in [0.2, 0.25) is 0 Å². The summed E-state index contributed by atoms with van der Waals surface area (Å²) in [6, 6.07) is 0. The van der Waals surface area contributed by atoms with E-state index in [0.29, 0.717) is 10.5 Å². The summed E-state index contributed by atoms with van der Waals surface area (Å²) < 4.78 is 4.56. The molecule has 0 saturated heterocycles. The van der Waals surface area contributed by atoms with E-state index in [-0.39, 0.29) is 0 Å². The van der Waals surface area contributed by atoms with Gasteiger partial charge in [0.15, 0.2) is 0 Å². The van der Waals surface area contributed by atoms with Crippen LogP contribution in [0, 0.1) is 0 Å². The topological polar surface area (TPSA) is 9.23 Å². The van der Waals surface area contributed by atoms with E-state index in [4.69, 9.17) is 22.2 Å². The first-order valence-electron chi connectivity index (χ1n) is 1.08. The van der Waals surface area contributed by atoms with E-state index in [2.05, 4.69) is 4.12 Å². The van der Waals surface area contributed by atoms with Gasteiger partial charge in [-0.05, 0) is 0 Å². The summed E-state index contributed by atoms with van der Waals surface area (Å²) in [5.41, 5.74) is 0. The quantitative estimate of drug-likeness (QED) is 0.358. The van der Waals surface area contributed by atoms with E-state index in [9.17, 15) is 0 Å². The standard InChI is InChI=1S/Cl2H4OSi2/c1-5(2)3-4/h5H,4H3. The molecule has 5 heavy (non-hydrogen) atoms. The van der Waals surface area contributed by atoms with Crippen molar-refractivity contribution in [1.82, 2.24) is 0 Å². The minimum Gasteiger partial charge on any atom is -0.445 e. The van der Waals surface area contributed by atoms with Crippen LogP contribution in [0.1, 0.15) is 0 Å². The third kappa shape index (κ3) is 4.97. The van der Waals surface area contributed by atoms with Crippen LogP contribution >= 0.6 is 22.2 Å². The van der Waals surface area contributed by atoms with Crippen molar-refractivity contribution in [3.63, 3.8) is 0 Å². The molecule has 0 radical (unpaired) electrons. The van der Waals surface area contributed by atoms with Crippen LogP contribution in [-0.4, -0.2) is 18.1 Å². The molecule has 0 bridgehead atoms. The summed E-state index contributed by atoms with van der Waals surface area (Å²) in [5, 5.41) is 0. The first kappa shape index (κ1) is 5.97. The predicted molar refractivity (Wildman–Crippen MR) is 29.9 cm³/mol. The second-order valence-corrected chi connectivity index (χ2v) is 5.95. The lowest BCUT2D eigenvalue weighted by Crippen LogP contribution is -1.95. The van der Waals surface area contributed by atoms with Gasteiger partial charge in [0.1, 0.15) is 10.5 Å². The van der Waals surface area contributed by atoms with Gasteiger partial charge in [-0.1, -0.05) is 0 Å². The van der Waals surface area contributed by atoms with Crippen molar-refractivity contribution in [2.45, 2.75) is 0 Å². The van der Waals surface area contributed by atoms with Crippen LogP contribution in [0.5, 0.6) is 0 Å². The summed E-state index contributed by atoms with van der Waals surface area (Å²) in [6.07, 6.45) is 0. The van der Waals surface area contributed by atoms with Gasteiger partial charge in [0, 0.05) is 0 Å². The van der Waals surface area contributed by atoms with E-state index in [1.807, 2.05) is 0 Å². The highest BCUT2D eigenvalue weighted by Crippen LogP contribution is 1.91. The first-order chi connectivity index (χ1) is 2.27. The summed E-state index contributed by atoms with van der Waals surface area (Å²) in [6.45, 7) is 0.